The van der Waals surface area contributed by atoms with E-state index < -0.39 is 0 Å². The summed E-state index contributed by atoms with van der Waals surface area (Å²) in [6.45, 7) is 5.25. The number of rotatable bonds is 7. The van der Waals surface area contributed by atoms with E-state index in [1.165, 1.54) is 0 Å². The lowest BCUT2D eigenvalue weighted by Gasteiger charge is -2.02. The van der Waals surface area contributed by atoms with Crippen LogP contribution in [0, 0.1) is 6.92 Å². The predicted molar refractivity (Wildman–Crippen MR) is 62.4 cm³/mol. The van der Waals surface area contributed by atoms with Gasteiger partial charge in [-0.3, -0.25) is 9.48 Å². The van der Waals surface area contributed by atoms with E-state index >= 15 is 0 Å². The molecule has 1 rings (SSSR count). The fourth-order valence-corrected chi connectivity index (χ4v) is 1.55. The Labute approximate surface area is 96.6 Å². The summed E-state index contributed by atoms with van der Waals surface area (Å²) in [4.78, 5) is 11.6. The topological polar surface area (TPSA) is 44.1 Å². The first-order chi connectivity index (χ1) is 7.63. The molecular formula is C12H20N2O2. The van der Waals surface area contributed by atoms with Gasteiger partial charge in [0.2, 0.25) is 0 Å². The molecule has 1 aromatic heterocycles. The Morgan fingerprint density at radius 2 is 2.25 bits per heavy atom. The third-order valence-corrected chi connectivity index (χ3v) is 2.35. The SMILES string of the molecule is CCCOCCC(=O)Cc1cc(C)nn1C. The van der Waals surface area contributed by atoms with Crippen LogP contribution in [0.3, 0.4) is 0 Å². The largest absolute Gasteiger partial charge is 0.381 e. The molecule has 16 heavy (non-hydrogen) atoms. The Kier molecular flexibility index (Phi) is 5.19. The van der Waals surface area contributed by atoms with Crippen molar-refractivity contribution in [1.82, 2.24) is 9.78 Å². The van der Waals surface area contributed by atoms with Gasteiger partial charge < -0.3 is 4.74 Å². The Hall–Kier alpha value is -1.16. The van der Waals surface area contributed by atoms with Crippen molar-refractivity contribution < 1.29 is 9.53 Å². The Morgan fingerprint density at radius 3 is 2.81 bits per heavy atom. The molecule has 0 saturated heterocycles. The highest BCUT2D eigenvalue weighted by Crippen LogP contribution is 2.04. The van der Waals surface area contributed by atoms with Gasteiger partial charge in [0, 0.05) is 32.2 Å². The molecule has 0 fully saturated rings. The van der Waals surface area contributed by atoms with Crippen LogP contribution in [0.25, 0.3) is 0 Å². The van der Waals surface area contributed by atoms with Gasteiger partial charge >= 0.3 is 0 Å². The van der Waals surface area contributed by atoms with Crippen LogP contribution in [0.15, 0.2) is 6.07 Å². The van der Waals surface area contributed by atoms with E-state index in [1.54, 1.807) is 4.68 Å². The number of aryl methyl sites for hydroxylation is 2. The molecule has 0 aliphatic heterocycles. The number of hydrogen-bond donors (Lipinski definition) is 0. The van der Waals surface area contributed by atoms with Crippen LogP contribution in [0.2, 0.25) is 0 Å². The van der Waals surface area contributed by atoms with Crippen molar-refractivity contribution in [3.05, 3.63) is 17.5 Å². The normalized spacial score (nSPS) is 10.7. The summed E-state index contributed by atoms with van der Waals surface area (Å²) in [5, 5.41) is 4.21. The molecule has 0 amide bonds. The molecule has 0 aliphatic carbocycles. The monoisotopic (exact) mass is 224 g/mol. The lowest BCUT2D eigenvalue weighted by atomic mass is 10.1. The van der Waals surface area contributed by atoms with Gasteiger partial charge in [0.05, 0.1) is 12.3 Å². The fraction of sp³-hybridized carbons (Fsp3) is 0.667. The zero-order chi connectivity index (χ0) is 12.0. The third kappa shape index (κ3) is 4.14. The van der Waals surface area contributed by atoms with Gasteiger partial charge in [0.25, 0.3) is 0 Å². The van der Waals surface area contributed by atoms with Crippen LogP contribution < -0.4 is 0 Å². The molecule has 0 radical (unpaired) electrons. The molecule has 1 heterocycles. The number of ketones is 1. The Bertz CT molecular complexity index is 345. The fourth-order valence-electron chi connectivity index (χ4n) is 1.55. The summed E-state index contributed by atoms with van der Waals surface area (Å²) >= 11 is 0. The van der Waals surface area contributed by atoms with E-state index in [0.717, 1.165) is 24.4 Å². The van der Waals surface area contributed by atoms with Crippen molar-refractivity contribution in [3.63, 3.8) is 0 Å². The van der Waals surface area contributed by atoms with Crippen LogP contribution in [-0.2, 0) is 23.0 Å². The third-order valence-electron chi connectivity index (χ3n) is 2.35. The number of carbonyl (C=O) groups is 1. The Balaban J connectivity index is 2.31. The lowest BCUT2D eigenvalue weighted by molar-refractivity contribution is -0.119. The molecule has 0 N–H and O–H groups in total. The molecule has 0 spiro atoms. The van der Waals surface area contributed by atoms with Gasteiger partial charge in [-0.25, -0.2) is 0 Å². The summed E-state index contributed by atoms with van der Waals surface area (Å²) in [6, 6.07) is 1.95. The second-order valence-corrected chi connectivity index (χ2v) is 3.98. The van der Waals surface area contributed by atoms with Gasteiger partial charge in [-0.2, -0.15) is 5.10 Å². The van der Waals surface area contributed by atoms with E-state index in [2.05, 4.69) is 12.0 Å². The highest BCUT2D eigenvalue weighted by molar-refractivity contribution is 5.80. The predicted octanol–water partition coefficient (Wildman–Crippen LogP) is 1.66. The number of nitrogens with zero attached hydrogens (tertiary/aromatic N) is 2. The summed E-state index contributed by atoms with van der Waals surface area (Å²) in [5.74, 6) is 0.208. The van der Waals surface area contributed by atoms with Crippen LogP contribution in [-0.4, -0.2) is 28.8 Å². The first-order valence-corrected chi connectivity index (χ1v) is 5.72. The number of ether oxygens (including phenoxy) is 1. The van der Waals surface area contributed by atoms with Crippen LogP contribution in [0.1, 0.15) is 31.2 Å². The van der Waals surface area contributed by atoms with Gasteiger partial charge in [0.1, 0.15) is 5.78 Å². The van der Waals surface area contributed by atoms with Gasteiger partial charge in [-0.15, -0.1) is 0 Å². The van der Waals surface area contributed by atoms with Crippen molar-refractivity contribution >= 4 is 5.78 Å². The first-order valence-electron chi connectivity index (χ1n) is 5.72. The molecule has 0 aromatic carbocycles. The maximum atomic E-state index is 11.6. The molecule has 4 heteroatoms. The minimum atomic E-state index is 0.208. The highest BCUT2D eigenvalue weighted by atomic mass is 16.5. The number of carbonyl (C=O) groups excluding carboxylic acids is 1. The van der Waals surface area contributed by atoms with E-state index in [0.29, 0.717) is 19.4 Å². The van der Waals surface area contributed by atoms with E-state index in [-0.39, 0.29) is 5.78 Å². The van der Waals surface area contributed by atoms with E-state index in [4.69, 9.17) is 4.74 Å². The maximum Gasteiger partial charge on any atom is 0.141 e. The van der Waals surface area contributed by atoms with Crippen LogP contribution in [0.5, 0.6) is 0 Å². The molecule has 4 nitrogen and oxygen atoms in total. The smallest absolute Gasteiger partial charge is 0.141 e. The zero-order valence-corrected chi connectivity index (χ0v) is 10.3. The summed E-state index contributed by atoms with van der Waals surface area (Å²) < 4.78 is 7.05. The lowest BCUT2D eigenvalue weighted by Crippen LogP contribution is -2.10. The van der Waals surface area contributed by atoms with Crippen LogP contribution in [0.4, 0.5) is 0 Å². The van der Waals surface area contributed by atoms with Crippen molar-refractivity contribution in [2.75, 3.05) is 13.2 Å². The second kappa shape index (κ2) is 6.43. The summed E-state index contributed by atoms with van der Waals surface area (Å²) in [6.07, 6.45) is 1.94. The van der Waals surface area contributed by atoms with Gasteiger partial charge in [-0.1, -0.05) is 6.92 Å². The van der Waals surface area contributed by atoms with Gasteiger partial charge in [0.15, 0.2) is 0 Å². The van der Waals surface area contributed by atoms with Gasteiger partial charge in [-0.05, 0) is 19.4 Å². The quantitative estimate of drug-likeness (QED) is 0.662. The van der Waals surface area contributed by atoms with E-state index in [9.17, 15) is 4.79 Å². The highest BCUT2D eigenvalue weighted by Gasteiger charge is 2.08. The molecule has 1 aromatic rings. The molecule has 0 saturated carbocycles. The average Bonchev–Trinajstić information content (AvgIpc) is 2.52. The van der Waals surface area contributed by atoms with Crippen LogP contribution >= 0.6 is 0 Å². The zero-order valence-electron chi connectivity index (χ0n) is 10.3. The second-order valence-electron chi connectivity index (χ2n) is 3.98. The number of aromatic nitrogens is 2. The average molecular weight is 224 g/mol. The van der Waals surface area contributed by atoms with Crippen molar-refractivity contribution in [1.29, 1.82) is 0 Å². The van der Waals surface area contributed by atoms with E-state index in [1.807, 2.05) is 20.0 Å². The maximum absolute atomic E-state index is 11.6. The van der Waals surface area contributed by atoms with Crippen molar-refractivity contribution in [3.8, 4) is 0 Å². The minimum Gasteiger partial charge on any atom is -0.381 e. The first kappa shape index (κ1) is 12.9. The standard InChI is InChI=1S/C12H20N2O2/c1-4-6-16-7-5-12(15)9-11-8-10(2)13-14(11)3/h8H,4-7,9H2,1-3H3. The molecule has 0 atom stereocenters. The Morgan fingerprint density at radius 1 is 1.50 bits per heavy atom. The van der Waals surface area contributed by atoms with Crippen molar-refractivity contribution in [2.45, 2.75) is 33.1 Å². The molecule has 0 bridgehead atoms. The summed E-state index contributed by atoms with van der Waals surface area (Å²) in [7, 11) is 1.86. The molecule has 0 unspecified atom stereocenters. The van der Waals surface area contributed by atoms with Crippen molar-refractivity contribution in [2.24, 2.45) is 7.05 Å². The number of Topliss-reactive ketones (excluding diaryl/α,β-unsaturated/α-hetero) is 1. The molecule has 0 aliphatic rings. The summed E-state index contributed by atoms with van der Waals surface area (Å²) in [5.41, 5.74) is 1.92. The minimum absolute atomic E-state index is 0.208. The molecular weight excluding hydrogens is 204 g/mol. The molecule has 90 valence electrons. The number of hydrogen-bond acceptors (Lipinski definition) is 3.